The molecule has 0 bridgehead atoms. The van der Waals surface area contributed by atoms with E-state index >= 15 is 0 Å². The summed E-state index contributed by atoms with van der Waals surface area (Å²) in [6, 6.07) is 0. The molecule has 0 aliphatic carbocycles. The van der Waals surface area contributed by atoms with Crippen molar-refractivity contribution in [2.24, 2.45) is 5.92 Å². The van der Waals surface area contributed by atoms with Gasteiger partial charge in [0.15, 0.2) is 0 Å². The predicted molar refractivity (Wildman–Crippen MR) is 110 cm³/mol. The van der Waals surface area contributed by atoms with E-state index in [9.17, 15) is 9.90 Å². The average Bonchev–Trinajstić information content (AvgIpc) is 2.98. The summed E-state index contributed by atoms with van der Waals surface area (Å²) < 4.78 is 13.1. The van der Waals surface area contributed by atoms with Crippen LogP contribution in [0.15, 0.2) is 12.4 Å². The fourth-order valence-electron chi connectivity index (χ4n) is 2.79. The summed E-state index contributed by atoms with van der Waals surface area (Å²) in [5.74, 6) is 0.472. The van der Waals surface area contributed by atoms with Gasteiger partial charge in [-0.25, -0.2) is 4.79 Å². The molecule has 0 aromatic carbocycles. The number of aromatic nitrogens is 2. The Hall–Kier alpha value is -1.54. The van der Waals surface area contributed by atoms with Gasteiger partial charge in [-0.05, 0) is 72.7 Å². The zero-order chi connectivity index (χ0) is 21.2. The van der Waals surface area contributed by atoms with Crippen molar-refractivity contribution in [1.29, 1.82) is 0 Å². The Balaban J connectivity index is 1.80. The van der Waals surface area contributed by atoms with Crippen molar-refractivity contribution in [3.05, 3.63) is 12.4 Å². The fraction of sp³-hybridized carbons (Fsp3) is 0.800. The van der Waals surface area contributed by atoms with E-state index < -0.39 is 16.8 Å². The maximum atomic E-state index is 12.2. The second kappa shape index (κ2) is 8.45. The van der Waals surface area contributed by atoms with Crippen LogP contribution in [0.3, 0.4) is 0 Å². The van der Waals surface area contributed by atoms with Gasteiger partial charge in [-0.15, -0.1) is 0 Å². The highest BCUT2D eigenvalue weighted by Gasteiger charge is 2.35. The summed E-state index contributed by atoms with van der Waals surface area (Å²) in [6.07, 6.45) is 5.34. The van der Waals surface area contributed by atoms with Crippen LogP contribution in [-0.2, 0) is 15.9 Å². The van der Waals surface area contributed by atoms with Crippen LogP contribution in [0.5, 0.6) is 0 Å². The Bertz CT molecular complexity index is 653. The molecule has 2 heterocycles. The van der Waals surface area contributed by atoms with Gasteiger partial charge in [-0.1, -0.05) is 0 Å². The molecule has 1 aliphatic heterocycles. The van der Waals surface area contributed by atoms with Crippen molar-refractivity contribution >= 4 is 19.0 Å². The van der Waals surface area contributed by atoms with E-state index in [2.05, 4.69) is 5.10 Å². The van der Waals surface area contributed by atoms with E-state index in [4.69, 9.17) is 9.39 Å². The minimum Gasteiger partial charge on any atom is -0.444 e. The minimum atomic E-state index is -0.957. The van der Waals surface area contributed by atoms with Crippen molar-refractivity contribution < 1.29 is 19.3 Å². The first-order valence-electron chi connectivity index (χ1n) is 10.0. The molecule has 2 rings (SSSR count). The summed E-state index contributed by atoms with van der Waals surface area (Å²) >= 11 is 0. The van der Waals surface area contributed by atoms with Crippen LogP contribution in [0.1, 0.15) is 61.3 Å². The third kappa shape index (κ3) is 6.52. The molecule has 8 heteroatoms. The first-order chi connectivity index (χ1) is 12.8. The van der Waals surface area contributed by atoms with Crippen LogP contribution in [-0.4, -0.2) is 63.3 Å². The number of carbonyl (C=O) groups excluding carboxylic acids is 1. The third-order valence-electron chi connectivity index (χ3n) is 5.33. The van der Waals surface area contributed by atoms with Crippen molar-refractivity contribution in [3.8, 4) is 0 Å². The number of amides is 1. The van der Waals surface area contributed by atoms with E-state index in [1.165, 1.54) is 0 Å². The second-order valence-corrected chi connectivity index (χ2v) is 9.71. The second-order valence-electron chi connectivity index (χ2n) is 9.71. The normalized spacial score (nSPS) is 16.9. The monoisotopic (exact) mass is 392 g/mol. The predicted octanol–water partition coefficient (Wildman–Crippen LogP) is 2.34. The van der Waals surface area contributed by atoms with Gasteiger partial charge in [0, 0.05) is 32.0 Å². The van der Waals surface area contributed by atoms with Crippen LogP contribution in [0, 0.1) is 5.92 Å². The van der Waals surface area contributed by atoms with Gasteiger partial charge in [0.2, 0.25) is 0 Å². The lowest BCUT2D eigenvalue weighted by atomic mass is 9.84. The van der Waals surface area contributed by atoms with Gasteiger partial charge < -0.3 is 19.4 Å². The Labute approximate surface area is 169 Å². The van der Waals surface area contributed by atoms with Crippen molar-refractivity contribution in [2.45, 2.75) is 84.7 Å². The molecule has 1 aliphatic rings. The van der Waals surface area contributed by atoms with Crippen LogP contribution in [0.4, 0.5) is 4.79 Å². The van der Waals surface area contributed by atoms with Gasteiger partial charge in [0.25, 0.3) is 0 Å². The van der Waals surface area contributed by atoms with E-state index in [0.29, 0.717) is 19.0 Å². The number of carbonyl (C=O) groups is 1. The molecule has 0 spiro atoms. The summed E-state index contributed by atoms with van der Waals surface area (Å²) in [7, 11) is 1.65. The van der Waals surface area contributed by atoms with Gasteiger partial charge in [-0.2, -0.15) is 5.10 Å². The lowest BCUT2D eigenvalue weighted by Gasteiger charge is -2.37. The van der Waals surface area contributed by atoms with Crippen LogP contribution >= 0.6 is 0 Å². The molecule has 0 atom stereocenters. The highest BCUT2D eigenvalue weighted by Crippen LogP contribution is 2.24. The smallest absolute Gasteiger partial charge is 0.410 e. The molecule has 0 saturated carbocycles. The summed E-state index contributed by atoms with van der Waals surface area (Å²) in [5.41, 5.74) is -1.26. The Morgan fingerprint density at radius 1 is 1.21 bits per heavy atom. The van der Waals surface area contributed by atoms with Crippen LogP contribution in [0.25, 0.3) is 0 Å². The van der Waals surface area contributed by atoms with E-state index in [1.54, 1.807) is 32.4 Å². The number of ether oxygens (including phenoxy) is 1. The van der Waals surface area contributed by atoms with Gasteiger partial charge in [0.05, 0.1) is 11.2 Å². The van der Waals surface area contributed by atoms with Crippen molar-refractivity contribution in [3.63, 3.8) is 0 Å². The topological polar surface area (TPSA) is 76.8 Å². The molecule has 1 aromatic heterocycles. The number of hydrogen-bond donors (Lipinski definition) is 1. The zero-order valence-corrected chi connectivity index (χ0v) is 18.4. The average molecular weight is 392 g/mol. The molecular weight excluding hydrogens is 357 g/mol. The maximum absolute atomic E-state index is 12.2. The number of hydrogen-bond acceptors (Lipinski definition) is 5. The first-order valence-corrected chi connectivity index (χ1v) is 10.0. The third-order valence-corrected chi connectivity index (χ3v) is 5.33. The number of likely N-dealkylation sites (tertiary alicyclic amines) is 1. The molecule has 1 N–H and O–H groups in total. The van der Waals surface area contributed by atoms with Gasteiger partial charge in [-0.3, -0.25) is 4.68 Å². The molecule has 1 fully saturated rings. The highest BCUT2D eigenvalue weighted by atomic mass is 16.6. The van der Waals surface area contributed by atoms with Gasteiger partial charge >= 0.3 is 13.6 Å². The van der Waals surface area contributed by atoms with Crippen LogP contribution in [0.2, 0.25) is 0 Å². The standard InChI is InChI=1S/C20H35BN3O4/c1-18(2,3)27-17(25)23-10-8-15(9-11-23)13-24-14-16(12-22-24)21-28-20(6,7)19(4,5)26/h12,14-15,26H,8-11,13H2,1-7H3. The quantitative estimate of drug-likeness (QED) is 0.752. The first kappa shape index (κ1) is 22.8. The summed E-state index contributed by atoms with van der Waals surface area (Å²) in [5, 5.41) is 14.6. The number of rotatable bonds is 6. The molecule has 28 heavy (non-hydrogen) atoms. The molecule has 7 nitrogen and oxygen atoms in total. The lowest BCUT2D eigenvalue weighted by molar-refractivity contribution is -0.0893. The molecule has 1 saturated heterocycles. The van der Waals surface area contributed by atoms with E-state index in [0.717, 1.165) is 24.8 Å². The van der Waals surface area contributed by atoms with Gasteiger partial charge in [0.1, 0.15) is 5.60 Å². The molecule has 1 aromatic rings. The minimum absolute atomic E-state index is 0.228. The molecular formula is C20H35BN3O4. The lowest BCUT2D eigenvalue weighted by Crippen LogP contribution is -2.49. The zero-order valence-electron chi connectivity index (χ0n) is 18.4. The van der Waals surface area contributed by atoms with Crippen molar-refractivity contribution in [2.75, 3.05) is 13.1 Å². The maximum Gasteiger partial charge on any atom is 0.410 e. The number of piperidine rings is 1. The molecule has 1 radical (unpaired) electrons. The number of nitrogens with zero attached hydrogens (tertiary/aromatic N) is 3. The molecule has 1 amide bonds. The summed E-state index contributed by atoms with van der Waals surface area (Å²) in [6.45, 7) is 15.1. The largest absolute Gasteiger partial charge is 0.444 e. The Morgan fingerprint density at radius 2 is 1.82 bits per heavy atom. The van der Waals surface area contributed by atoms with E-state index in [1.807, 2.05) is 45.5 Å². The Kier molecular flexibility index (Phi) is 6.87. The number of aliphatic hydroxyl groups is 1. The highest BCUT2D eigenvalue weighted by molar-refractivity contribution is 6.46. The molecule has 0 unspecified atom stereocenters. The molecule has 157 valence electrons. The SMILES string of the molecule is CC(C)(C)OC(=O)N1CCC(Cn2cc([B]OC(C)(C)C(C)(C)O)cn2)CC1. The summed E-state index contributed by atoms with van der Waals surface area (Å²) in [4.78, 5) is 13.9. The fourth-order valence-corrected chi connectivity index (χ4v) is 2.79. The Morgan fingerprint density at radius 3 is 2.36 bits per heavy atom. The van der Waals surface area contributed by atoms with E-state index in [-0.39, 0.29) is 6.09 Å². The van der Waals surface area contributed by atoms with Crippen LogP contribution < -0.4 is 5.46 Å². The van der Waals surface area contributed by atoms with Crippen molar-refractivity contribution in [1.82, 2.24) is 14.7 Å².